The largest absolute Gasteiger partial charge is 0.382 e. The molecule has 4 aromatic rings. The first-order valence-electron chi connectivity index (χ1n) is 7.53. The monoisotopic (exact) mass is 350 g/mol. The number of pyridine rings is 2. The topological polar surface area (TPSA) is 110 Å². The van der Waals surface area contributed by atoms with Gasteiger partial charge in [0.25, 0.3) is 5.91 Å². The number of nitrogens with two attached hydrogens (primary N) is 1. The molecule has 4 N–H and O–H groups in total. The number of nitrogens with zero attached hydrogens (tertiary/aromatic N) is 3. The van der Waals surface area contributed by atoms with Gasteiger partial charge in [0, 0.05) is 22.8 Å². The van der Waals surface area contributed by atoms with Crippen molar-refractivity contribution in [2.75, 3.05) is 11.1 Å². The summed E-state index contributed by atoms with van der Waals surface area (Å²) < 4.78 is 0. The van der Waals surface area contributed by atoms with E-state index in [4.69, 9.17) is 5.73 Å². The predicted molar refractivity (Wildman–Crippen MR) is 98.5 cm³/mol. The Bertz CT molecular complexity index is 1070. The number of thiophene rings is 1. The fraction of sp³-hybridized carbons (Fsp3) is 0.0588. The molecule has 0 bridgehead atoms. The summed E-state index contributed by atoms with van der Waals surface area (Å²) in [7, 11) is 0. The molecule has 25 heavy (non-hydrogen) atoms. The number of H-pyrrole nitrogens is 1. The number of fused-ring (bicyclic) bond motifs is 1. The summed E-state index contributed by atoms with van der Waals surface area (Å²) >= 11 is 1.58. The summed E-state index contributed by atoms with van der Waals surface area (Å²) in [5, 5.41) is 6.74. The Morgan fingerprint density at radius 3 is 2.88 bits per heavy atom. The highest BCUT2D eigenvalue weighted by atomic mass is 32.1. The molecule has 0 spiro atoms. The molecular weight excluding hydrogens is 336 g/mol. The summed E-state index contributed by atoms with van der Waals surface area (Å²) in [6.45, 7) is 1.84. The van der Waals surface area contributed by atoms with Gasteiger partial charge >= 0.3 is 0 Å². The molecule has 0 aliphatic carbocycles. The van der Waals surface area contributed by atoms with Gasteiger partial charge in [-0.05, 0) is 36.6 Å². The molecule has 0 radical (unpaired) electrons. The Morgan fingerprint density at radius 1 is 1.24 bits per heavy atom. The molecule has 124 valence electrons. The number of carbonyl (C=O) groups is 1. The minimum absolute atomic E-state index is 0.277. The molecule has 4 heterocycles. The molecular formula is C17H14N6OS. The minimum Gasteiger partial charge on any atom is -0.382 e. The van der Waals surface area contributed by atoms with Crippen LogP contribution < -0.4 is 11.1 Å². The molecule has 4 aromatic heterocycles. The number of aromatic amines is 1. The lowest BCUT2D eigenvalue weighted by atomic mass is 10.2. The van der Waals surface area contributed by atoms with Gasteiger partial charge in [0.15, 0.2) is 5.65 Å². The molecule has 7 nitrogen and oxygen atoms in total. The number of nitrogens with one attached hydrogen (secondary N) is 2. The van der Waals surface area contributed by atoms with E-state index in [0.717, 1.165) is 11.3 Å². The summed E-state index contributed by atoms with van der Waals surface area (Å²) in [5.41, 5.74) is 9.57. The zero-order valence-electron chi connectivity index (χ0n) is 13.3. The van der Waals surface area contributed by atoms with Crippen LogP contribution >= 0.6 is 11.3 Å². The van der Waals surface area contributed by atoms with E-state index in [1.54, 1.807) is 35.7 Å². The van der Waals surface area contributed by atoms with E-state index in [1.165, 1.54) is 0 Å². The molecule has 4 rings (SSSR count). The van der Waals surface area contributed by atoms with Gasteiger partial charge in [0.1, 0.15) is 17.2 Å². The van der Waals surface area contributed by atoms with Crippen molar-refractivity contribution in [1.29, 1.82) is 0 Å². The maximum atomic E-state index is 12.7. The summed E-state index contributed by atoms with van der Waals surface area (Å²) in [6, 6.07) is 7.11. The minimum atomic E-state index is -0.312. The zero-order chi connectivity index (χ0) is 17.4. The normalized spacial score (nSPS) is 10.9. The number of anilines is 2. The van der Waals surface area contributed by atoms with Crippen molar-refractivity contribution in [2.45, 2.75) is 6.92 Å². The highest BCUT2D eigenvalue weighted by Crippen LogP contribution is 2.24. The highest BCUT2D eigenvalue weighted by Gasteiger charge is 2.16. The molecule has 0 fully saturated rings. The van der Waals surface area contributed by atoms with Crippen LogP contribution in [0, 0.1) is 6.92 Å². The predicted octanol–water partition coefficient (Wildman–Crippen LogP) is 3.22. The molecule has 0 aromatic carbocycles. The van der Waals surface area contributed by atoms with Crippen LogP contribution in [-0.2, 0) is 0 Å². The average Bonchev–Trinajstić information content (AvgIpc) is 3.25. The number of aryl methyl sites for hydroxylation is 1. The number of rotatable bonds is 3. The molecule has 0 atom stereocenters. The fourth-order valence-electron chi connectivity index (χ4n) is 2.50. The number of nitrogen functional groups attached to an aromatic ring is 1. The number of amides is 1. The van der Waals surface area contributed by atoms with Gasteiger partial charge in [-0.15, -0.1) is 0 Å². The van der Waals surface area contributed by atoms with Crippen molar-refractivity contribution in [3.63, 3.8) is 0 Å². The van der Waals surface area contributed by atoms with Crippen molar-refractivity contribution in [3.8, 4) is 11.4 Å². The Balaban J connectivity index is 1.72. The van der Waals surface area contributed by atoms with Gasteiger partial charge in [0.05, 0.1) is 11.3 Å². The maximum Gasteiger partial charge on any atom is 0.258 e. The molecule has 8 heteroatoms. The third-order valence-corrected chi connectivity index (χ3v) is 4.42. The lowest BCUT2D eigenvalue weighted by Crippen LogP contribution is -2.14. The second-order valence-electron chi connectivity index (χ2n) is 5.49. The van der Waals surface area contributed by atoms with Crippen LogP contribution in [0.5, 0.6) is 0 Å². The van der Waals surface area contributed by atoms with E-state index in [0.29, 0.717) is 28.2 Å². The Kier molecular flexibility index (Phi) is 3.66. The molecule has 0 saturated heterocycles. The van der Waals surface area contributed by atoms with E-state index >= 15 is 0 Å². The van der Waals surface area contributed by atoms with E-state index in [9.17, 15) is 4.79 Å². The molecule has 1 amide bonds. The van der Waals surface area contributed by atoms with Crippen LogP contribution in [0.4, 0.5) is 11.5 Å². The molecule has 0 aliphatic heterocycles. The Labute approximate surface area is 147 Å². The van der Waals surface area contributed by atoms with Crippen LogP contribution in [0.25, 0.3) is 22.6 Å². The Hall–Kier alpha value is -3.26. The van der Waals surface area contributed by atoms with E-state index in [1.807, 2.05) is 23.8 Å². The molecule has 0 aliphatic rings. The number of hydrogen-bond acceptors (Lipinski definition) is 6. The SMILES string of the molecule is Cc1ccc(NC(=O)c2ccnc3[nH]c(-c4ccsc4)nc23)c(N)n1. The molecule has 0 saturated carbocycles. The first kappa shape index (κ1) is 15.3. The third-order valence-electron chi connectivity index (χ3n) is 3.74. The molecule has 0 unspecified atom stereocenters. The summed E-state index contributed by atoms with van der Waals surface area (Å²) in [4.78, 5) is 28.8. The van der Waals surface area contributed by atoms with Gasteiger partial charge in [-0.3, -0.25) is 4.79 Å². The van der Waals surface area contributed by atoms with Crippen molar-refractivity contribution < 1.29 is 4.79 Å². The van der Waals surface area contributed by atoms with Crippen molar-refractivity contribution in [2.24, 2.45) is 0 Å². The van der Waals surface area contributed by atoms with Crippen molar-refractivity contribution in [1.82, 2.24) is 19.9 Å². The summed E-state index contributed by atoms with van der Waals surface area (Å²) in [5.74, 6) is 0.647. The number of imidazole rings is 1. The van der Waals surface area contributed by atoms with Crippen LogP contribution in [-0.4, -0.2) is 25.8 Å². The van der Waals surface area contributed by atoms with Gasteiger partial charge in [-0.25, -0.2) is 15.0 Å². The van der Waals surface area contributed by atoms with E-state index < -0.39 is 0 Å². The van der Waals surface area contributed by atoms with Crippen LogP contribution in [0.3, 0.4) is 0 Å². The zero-order valence-corrected chi connectivity index (χ0v) is 14.1. The van der Waals surface area contributed by atoms with Gasteiger partial charge in [-0.2, -0.15) is 11.3 Å². The van der Waals surface area contributed by atoms with Gasteiger partial charge in [-0.1, -0.05) is 0 Å². The number of aromatic nitrogens is 4. The van der Waals surface area contributed by atoms with Crippen molar-refractivity contribution >= 4 is 39.9 Å². The van der Waals surface area contributed by atoms with Gasteiger partial charge < -0.3 is 16.0 Å². The average molecular weight is 350 g/mol. The lowest BCUT2D eigenvalue weighted by Gasteiger charge is -2.08. The standard InChI is InChI=1S/C17H14N6OS/c1-9-2-3-12(14(18)20-9)21-17(24)11-4-6-19-16-13(11)22-15(23-16)10-5-7-25-8-10/h2-8H,1H3,(H2,18,20)(H,21,24)(H,19,22,23). The highest BCUT2D eigenvalue weighted by molar-refractivity contribution is 7.08. The number of carbonyl (C=O) groups excluding carboxylic acids is 1. The van der Waals surface area contributed by atoms with E-state index in [-0.39, 0.29) is 11.7 Å². The second-order valence-corrected chi connectivity index (χ2v) is 6.27. The third kappa shape index (κ3) is 2.83. The fourth-order valence-corrected chi connectivity index (χ4v) is 3.14. The first-order chi connectivity index (χ1) is 12.1. The quantitative estimate of drug-likeness (QED) is 0.525. The van der Waals surface area contributed by atoms with Crippen LogP contribution in [0.2, 0.25) is 0 Å². The van der Waals surface area contributed by atoms with Crippen LogP contribution in [0.1, 0.15) is 16.1 Å². The second kappa shape index (κ2) is 5.99. The van der Waals surface area contributed by atoms with Crippen molar-refractivity contribution in [3.05, 3.63) is 52.5 Å². The maximum absolute atomic E-state index is 12.7. The Morgan fingerprint density at radius 2 is 2.12 bits per heavy atom. The first-order valence-corrected chi connectivity index (χ1v) is 8.48. The smallest absolute Gasteiger partial charge is 0.258 e. The lowest BCUT2D eigenvalue weighted by molar-refractivity contribution is 0.102. The number of hydrogen-bond donors (Lipinski definition) is 3. The summed E-state index contributed by atoms with van der Waals surface area (Å²) in [6.07, 6.45) is 1.57. The van der Waals surface area contributed by atoms with Crippen LogP contribution in [0.15, 0.2) is 41.2 Å². The van der Waals surface area contributed by atoms with Gasteiger partial charge in [0.2, 0.25) is 0 Å². The van der Waals surface area contributed by atoms with E-state index in [2.05, 4.69) is 25.3 Å².